The summed E-state index contributed by atoms with van der Waals surface area (Å²) < 4.78 is 5.56. The predicted octanol–water partition coefficient (Wildman–Crippen LogP) is 5.05. The van der Waals surface area contributed by atoms with E-state index in [1.54, 1.807) is 0 Å². The lowest BCUT2D eigenvalue weighted by Gasteiger charge is -2.35. The van der Waals surface area contributed by atoms with Crippen LogP contribution in [0.4, 0.5) is 4.79 Å². The van der Waals surface area contributed by atoms with E-state index in [0.717, 1.165) is 38.8 Å². The van der Waals surface area contributed by atoms with Crippen LogP contribution in [0.2, 0.25) is 0 Å². The van der Waals surface area contributed by atoms with Gasteiger partial charge < -0.3 is 9.64 Å². The van der Waals surface area contributed by atoms with E-state index in [1.807, 2.05) is 25.7 Å². The van der Waals surface area contributed by atoms with Gasteiger partial charge in [0.15, 0.2) is 0 Å². The first-order valence-corrected chi connectivity index (χ1v) is 9.04. The third-order valence-corrected chi connectivity index (χ3v) is 5.14. The molecule has 3 rings (SSSR count). The van der Waals surface area contributed by atoms with Crippen molar-refractivity contribution in [2.24, 2.45) is 5.41 Å². The lowest BCUT2D eigenvalue weighted by atomic mass is 9.69. The number of amides is 1. The zero-order valence-electron chi connectivity index (χ0n) is 15.4. The first-order valence-electron chi connectivity index (χ1n) is 9.04. The summed E-state index contributed by atoms with van der Waals surface area (Å²) in [5.74, 6) is 0. The molecule has 3 heteroatoms. The Morgan fingerprint density at radius 3 is 2.67 bits per heavy atom. The maximum atomic E-state index is 12.4. The minimum Gasteiger partial charge on any atom is -0.444 e. The fourth-order valence-corrected chi connectivity index (χ4v) is 4.07. The molecule has 1 spiro atoms. The number of carbonyl (C=O) groups excluding carboxylic acids is 1. The van der Waals surface area contributed by atoms with E-state index in [0.29, 0.717) is 0 Å². The number of ether oxygens (including phenoxy) is 1. The van der Waals surface area contributed by atoms with E-state index in [2.05, 4.69) is 37.3 Å². The van der Waals surface area contributed by atoms with Crippen molar-refractivity contribution in [3.05, 3.63) is 41.5 Å². The molecule has 1 saturated heterocycles. The van der Waals surface area contributed by atoms with E-state index in [9.17, 15) is 4.79 Å². The van der Waals surface area contributed by atoms with Crippen molar-refractivity contribution < 1.29 is 9.53 Å². The topological polar surface area (TPSA) is 29.5 Å². The highest BCUT2D eigenvalue weighted by Gasteiger charge is 2.36. The van der Waals surface area contributed by atoms with Crippen molar-refractivity contribution in [1.29, 1.82) is 0 Å². The molecule has 1 aromatic rings. The second-order valence-corrected chi connectivity index (χ2v) is 8.34. The molecule has 1 fully saturated rings. The van der Waals surface area contributed by atoms with Gasteiger partial charge in [-0.05, 0) is 75.5 Å². The van der Waals surface area contributed by atoms with E-state index in [4.69, 9.17) is 4.74 Å². The molecule has 0 aromatic heterocycles. The van der Waals surface area contributed by atoms with Crippen LogP contribution in [0, 0.1) is 5.41 Å². The molecule has 0 radical (unpaired) electrons. The monoisotopic (exact) mass is 327 g/mol. The Bertz CT molecular complexity index is 656. The molecule has 1 aromatic carbocycles. The Labute approximate surface area is 145 Å². The molecule has 1 aliphatic heterocycles. The van der Waals surface area contributed by atoms with E-state index >= 15 is 0 Å². The van der Waals surface area contributed by atoms with Crippen molar-refractivity contribution in [3.63, 3.8) is 0 Å². The Morgan fingerprint density at radius 2 is 1.92 bits per heavy atom. The van der Waals surface area contributed by atoms with E-state index < -0.39 is 5.60 Å². The summed E-state index contributed by atoms with van der Waals surface area (Å²) in [5, 5.41) is 0. The van der Waals surface area contributed by atoms with E-state index in [1.165, 1.54) is 16.7 Å². The third-order valence-electron chi connectivity index (χ3n) is 5.14. The van der Waals surface area contributed by atoms with Crippen LogP contribution < -0.4 is 0 Å². The van der Waals surface area contributed by atoms with Crippen LogP contribution in [0.1, 0.15) is 58.1 Å². The first kappa shape index (κ1) is 17.1. The third kappa shape index (κ3) is 3.66. The van der Waals surface area contributed by atoms with Crippen LogP contribution in [0.5, 0.6) is 0 Å². The van der Waals surface area contributed by atoms with Gasteiger partial charge in [-0.1, -0.05) is 30.3 Å². The van der Waals surface area contributed by atoms with Crippen molar-refractivity contribution >= 4 is 11.7 Å². The van der Waals surface area contributed by atoms with Gasteiger partial charge in [0.1, 0.15) is 5.60 Å². The van der Waals surface area contributed by atoms with Crippen LogP contribution >= 0.6 is 0 Å². The predicted molar refractivity (Wildman–Crippen MR) is 97.9 cm³/mol. The maximum absolute atomic E-state index is 12.4. The van der Waals surface area contributed by atoms with Gasteiger partial charge in [-0.2, -0.15) is 0 Å². The highest BCUT2D eigenvalue weighted by molar-refractivity contribution is 5.70. The molecular formula is C21H29NO2. The number of rotatable bonds is 0. The first-order chi connectivity index (χ1) is 11.3. The number of nitrogens with zero attached hydrogens (tertiary/aromatic N) is 1. The lowest BCUT2D eigenvalue weighted by Crippen LogP contribution is -2.38. The fourth-order valence-electron chi connectivity index (χ4n) is 4.07. The number of carbonyl (C=O) groups is 1. The lowest BCUT2D eigenvalue weighted by molar-refractivity contribution is 0.0253. The van der Waals surface area contributed by atoms with E-state index in [-0.39, 0.29) is 11.5 Å². The van der Waals surface area contributed by atoms with Crippen LogP contribution in [-0.2, 0) is 11.2 Å². The highest BCUT2D eigenvalue weighted by Crippen LogP contribution is 2.43. The minimum absolute atomic E-state index is 0.170. The zero-order chi connectivity index (χ0) is 17.4. The van der Waals surface area contributed by atoms with Gasteiger partial charge in [-0.3, -0.25) is 0 Å². The molecule has 2 aliphatic rings. The Balaban J connectivity index is 1.75. The summed E-state index contributed by atoms with van der Waals surface area (Å²) in [4.78, 5) is 14.3. The van der Waals surface area contributed by atoms with Gasteiger partial charge in [0.25, 0.3) is 0 Å². The van der Waals surface area contributed by atoms with Crippen molar-refractivity contribution in [3.8, 4) is 0 Å². The van der Waals surface area contributed by atoms with Gasteiger partial charge in [-0.15, -0.1) is 0 Å². The summed E-state index contributed by atoms with van der Waals surface area (Å²) in [6.07, 6.45) is 6.56. The fraction of sp³-hybridized carbons (Fsp3) is 0.571. The molecule has 0 N–H and O–H groups in total. The number of benzene rings is 1. The van der Waals surface area contributed by atoms with Gasteiger partial charge in [0.2, 0.25) is 0 Å². The largest absolute Gasteiger partial charge is 0.444 e. The SMILES string of the molecule is CC1=CC2(CCCN(C(=O)OC(C)(C)C)CC2)Cc2ccccc21. The highest BCUT2D eigenvalue weighted by atomic mass is 16.6. The Hall–Kier alpha value is -1.77. The van der Waals surface area contributed by atoms with Gasteiger partial charge >= 0.3 is 6.09 Å². The average Bonchev–Trinajstić information content (AvgIpc) is 2.68. The summed E-state index contributed by atoms with van der Waals surface area (Å²) >= 11 is 0. The molecule has 1 heterocycles. The summed E-state index contributed by atoms with van der Waals surface area (Å²) in [5.41, 5.74) is 3.97. The number of hydrogen-bond acceptors (Lipinski definition) is 2. The minimum atomic E-state index is -0.429. The van der Waals surface area contributed by atoms with Crippen molar-refractivity contribution in [2.75, 3.05) is 13.1 Å². The van der Waals surface area contributed by atoms with Crippen LogP contribution in [0.3, 0.4) is 0 Å². The summed E-state index contributed by atoms with van der Waals surface area (Å²) in [7, 11) is 0. The molecule has 1 atom stereocenters. The molecule has 1 amide bonds. The molecule has 0 bridgehead atoms. The molecule has 1 aliphatic carbocycles. The molecule has 0 saturated carbocycles. The molecule has 130 valence electrons. The summed E-state index contributed by atoms with van der Waals surface area (Å²) in [6, 6.07) is 8.72. The summed E-state index contributed by atoms with van der Waals surface area (Å²) in [6.45, 7) is 9.57. The normalized spacial score (nSPS) is 24.2. The molecule has 1 unspecified atom stereocenters. The quantitative estimate of drug-likeness (QED) is 0.667. The number of fused-ring (bicyclic) bond motifs is 1. The second-order valence-electron chi connectivity index (χ2n) is 8.34. The zero-order valence-corrected chi connectivity index (χ0v) is 15.4. The van der Waals surface area contributed by atoms with Crippen LogP contribution in [0.25, 0.3) is 5.57 Å². The second kappa shape index (κ2) is 6.27. The van der Waals surface area contributed by atoms with Crippen molar-refractivity contribution in [2.45, 2.75) is 59.0 Å². The smallest absolute Gasteiger partial charge is 0.410 e. The number of likely N-dealkylation sites (tertiary alicyclic amines) is 1. The molecular weight excluding hydrogens is 298 g/mol. The van der Waals surface area contributed by atoms with Gasteiger partial charge in [0, 0.05) is 13.1 Å². The number of allylic oxidation sites excluding steroid dienone is 2. The maximum Gasteiger partial charge on any atom is 0.410 e. The molecule has 24 heavy (non-hydrogen) atoms. The Kier molecular flexibility index (Phi) is 4.46. The van der Waals surface area contributed by atoms with Crippen LogP contribution in [0.15, 0.2) is 30.3 Å². The standard InChI is InChI=1S/C21H29NO2/c1-16-14-21(15-17-8-5-6-9-18(16)17)10-7-12-22(13-11-21)19(23)24-20(2,3)4/h5-6,8-9,14H,7,10-13,15H2,1-4H3. The molecule has 3 nitrogen and oxygen atoms in total. The van der Waals surface area contributed by atoms with Gasteiger partial charge in [-0.25, -0.2) is 4.79 Å². The Morgan fingerprint density at radius 1 is 1.17 bits per heavy atom. The van der Waals surface area contributed by atoms with Crippen LogP contribution in [-0.4, -0.2) is 29.7 Å². The number of hydrogen-bond donors (Lipinski definition) is 0. The van der Waals surface area contributed by atoms with Gasteiger partial charge in [0.05, 0.1) is 0 Å². The van der Waals surface area contributed by atoms with Crippen molar-refractivity contribution in [1.82, 2.24) is 4.90 Å². The average molecular weight is 327 g/mol.